The summed E-state index contributed by atoms with van der Waals surface area (Å²) in [4.78, 5) is 36.3. The van der Waals surface area contributed by atoms with Crippen molar-refractivity contribution in [1.29, 1.82) is 0 Å². The van der Waals surface area contributed by atoms with Crippen molar-refractivity contribution in [2.24, 2.45) is 22.7 Å². The van der Waals surface area contributed by atoms with E-state index in [-0.39, 0.29) is 10.8 Å². The third kappa shape index (κ3) is 9.77. The van der Waals surface area contributed by atoms with Crippen molar-refractivity contribution < 1.29 is 33.8 Å². The SMILES string of the molecule is CC(C)(C)OOC1(OC(=O)OC2(OOC(C)(C)C)CCC(C(C)(C)C)CC2)CCC(C(C)(C)C)CC1. The third-order valence-electron chi connectivity index (χ3n) is 7.37. The molecule has 0 bridgehead atoms. The summed E-state index contributed by atoms with van der Waals surface area (Å²) in [5.41, 5.74) is -0.744. The molecular formula is C29H54O7. The summed E-state index contributed by atoms with van der Waals surface area (Å²) in [6, 6.07) is 0. The van der Waals surface area contributed by atoms with Crippen molar-refractivity contribution in [3.8, 4) is 0 Å². The van der Waals surface area contributed by atoms with Crippen molar-refractivity contribution >= 4 is 6.16 Å². The zero-order chi connectivity index (χ0) is 27.6. The molecule has 36 heavy (non-hydrogen) atoms. The number of carbonyl (C=O) groups is 1. The molecule has 0 aromatic heterocycles. The summed E-state index contributed by atoms with van der Waals surface area (Å²) in [7, 11) is 0. The van der Waals surface area contributed by atoms with E-state index in [9.17, 15) is 4.79 Å². The van der Waals surface area contributed by atoms with Crippen LogP contribution in [-0.4, -0.2) is 28.9 Å². The molecule has 2 rings (SSSR count). The van der Waals surface area contributed by atoms with Crippen LogP contribution in [0.1, 0.15) is 134 Å². The summed E-state index contributed by atoms with van der Waals surface area (Å²) < 4.78 is 11.9. The molecule has 0 aromatic rings. The van der Waals surface area contributed by atoms with Gasteiger partial charge < -0.3 is 9.47 Å². The lowest BCUT2D eigenvalue weighted by Crippen LogP contribution is -2.49. The highest BCUT2D eigenvalue weighted by Crippen LogP contribution is 2.46. The molecule has 0 atom stereocenters. The van der Waals surface area contributed by atoms with E-state index in [1.54, 1.807) is 0 Å². The van der Waals surface area contributed by atoms with Gasteiger partial charge in [0, 0.05) is 25.7 Å². The largest absolute Gasteiger partial charge is 0.513 e. The molecule has 0 N–H and O–H groups in total. The molecule has 0 aromatic carbocycles. The summed E-state index contributed by atoms with van der Waals surface area (Å²) in [5, 5.41) is 0. The predicted octanol–water partition coefficient (Wildman–Crippen LogP) is 8.50. The van der Waals surface area contributed by atoms with Gasteiger partial charge in [-0.25, -0.2) is 14.6 Å². The first-order valence-electron chi connectivity index (χ1n) is 13.8. The molecule has 2 aliphatic rings. The van der Waals surface area contributed by atoms with Crippen LogP contribution in [0, 0.1) is 22.7 Å². The predicted molar refractivity (Wildman–Crippen MR) is 140 cm³/mol. The highest BCUT2D eigenvalue weighted by Gasteiger charge is 2.49. The van der Waals surface area contributed by atoms with Crippen LogP contribution < -0.4 is 0 Å². The van der Waals surface area contributed by atoms with Gasteiger partial charge in [-0.15, -0.1) is 0 Å². The van der Waals surface area contributed by atoms with Crippen LogP contribution in [-0.2, 0) is 29.0 Å². The highest BCUT2D eigenvalue weighted by molar-refractivity contribution is 5.61. The molecule has 7 nitrogen and oxygen atoms in total. The third-order valence-corrected chi connectivity index (χ3v) is 7.37. The van der Waals surface area contributed by atoms with Crippen molar-refractivity contribution in [2.75, 3.05) is 0 Å². The maximum atomic E-state index is 13.3. The fourth-order valence-corrected chi connectivity index (χ4v) is 4.98. The summed E-state index contributed by atoms with van der Waals surface area (Å²) >= 11 is 0. The lowest BCUT2D eigenvalue weighted by molar-refractivity contribution is -0.472. The van der Waals surface area contributed by atoms with E-state index in [4.69, 9.17) is 29.0 Å². The van der Waals surface area contributed by atoms with Crippen molar-refractivity contribution in [3.63, 3.8) is 0 Å². The molecule has 0 heterocycles. The minimum absolute atomic E-state index is 0.172. The van der Waals surface area contributed by atoms with Crippen LogP contribution >= 0.6 is 0 Å². The Morgan fingerprint density at radius 3 is 1.06 bits per heavy atom. The van der Waals surface area contributed by atoms with Gasteiger partial charge in [-0.05, 0) is 89.9 Å². The number of ether oxygens (including phenoxy) is 2. The Balaban J connectivity index is 2.16. The maximum absolute atomic E-state index is 13.3. The molecular weight excluding hydrogens is 460 g/mol. The standard InChI is InChI=1S/C29H54O7/c1-24(2,3)21-13-17-28(18-14-21,35-33-26(7,8)9)31-23(30)32-29(36-34-27(10,11)12)19-15-22(16-20-29)25(4,5)6/h21-22H,13-20H2,1-12H3. The summed E-state index contributed by atoms with van der Waals surface area (Å²) in [6.45, 7) is 24.9. The highest BCUT2D eigenvalue weighted by atomic mass is 17.3. The van der Waals surface area contributed by atoms with Crippen LogP contribution in [0.15, 0.2) is 0 Å². The normalized spacial score (nSPS) is 30.7. The Bertz CT molecular complexity index is 642. The monoisotopic (exact) mass is 514 g/mol. The summed E-state index contributed by atoms with van der Waals surface area (Å²) in [5.74, 6) is -1.38. The zero-order valence-corrected chi connectivity index (χ0v) is 25.2. The molecule has 0 amide bonds. The van der Waals surface area contributed by atoms with Gasteiger partial charge in [0.2, 0.25) is 11.6 Å². The Hall–Kier alpha value is -0.890. The van der Waals surface area contributed by atoms with Crippen LogP contribution in [0.4, 0.5) is 4.79 Å². The van der Waals surface area contributed by atoms with Gasteiger partial charge in [-0.2, -0.15) is 9.78 Å². The Morgan fingerprint density at radius 2 is 0.833 bits per heavy atom. The number of rotatable bonds is 6. The van der Waals surface area contributed by atoms with Gasteiger partial charge in [0.05, 0.1) is 11.2 Å². The van der Waals surface area contributed by atoms with E-state index >= 15 is 0 Å². The van der Waals surface area contributed by atoms with Crippen LogP contribution in [0.5, 0.6) is 0 Å². The Kier molecular flexibility index (Phi) is 9.64. The Morgan fingerprint density at radius 1 is 0.556 bits per heavy atom. The van der Waals surface area contributed by atoms with Crippen molar-refractivity contribution in [3.05, 3.63) is 0 Å². The molecule has 0 unspecified atom stereocenters. The number of hydrogen-bond acceptors (Lipinski definition) is 7. The Labute approximate surface area is 220 Å². The fourth-order valence-electron chi connectivity index (χ4n) is 4.98. The average Bonchev–Trinajstić information content (AvgIpc) is 2.69. The first-order chi connectivity index (χ1) is 16.1. The molecule has 0 aliphatic heterocycles. The lowest BCUT2D eigenvalue weighted by Gasteiger charge is -2.44. The van der Waals surface area contributed by atoms with Gasteiger partial charge in [0.25, 0.3) is 0 Å². The van der Waals surface area contributed by atoms with Gasteiger partial charge in [0.15, 0.2) is 0 Å². The molecule has 2 fully saturated rings. The molecule has 0 saturated heterocycles. The number of carbonyl (C=O) groups excluding carboxylic acids is 1. The lowest BCUT2D eigenvalue weighted by atomic mass is 9.71. The van der Waals surface area contributed by atoms with E-state index in [1.807, 2.05) is 41.5 Å². The molecule has 212 valence electrons. The van der Waals surface area contributed by atoms with Crippen LogP contribution in [0.25, 0.3) is 0 Å². The fraction of sp³-hybridized carbons (Fsp3) is 0.966. The molecule has 7 heteroatoms. The molecule has 2 aliphatic carbocycles. The molecule has 0 spiro atoms. The topological polar surface area (TPSA) is 72.5 Å². The van der Waals surface area contributed by atoms with Gasteiger partial charge in [-0.3, -0.25) is 0 Å². The van der Waals surface area contributed by atoms with E-state index in [2.05, 4.69) is 41.5 Å². The second-order valence-electron chi connectivity index (χ2n) is 15.1. The molecule has 2 saturated carbocycles. The van der Waals surface area contributed by atoms with Crippen molar-refractivity contribution in [1.82, 2.24) is 0 Å². The van der Waals surface area contributed by atoms with E-state index in [1.165, 1.54) is 0 Å². The second kappa shape index (κ2) is 11.1. The minimum Gasteiger partial charge on any atom is -0.399 e. The molecule has 0 radical (unpaired) electrons. The maximum Gasteiger partial charge on any atom is 0.513 e. The van der Waals surface area contributed by atoms with E-state index in [0.29, 0.717) is 37.5 Å². The first-order valence-corrected chi connectivity index (χ1v) is 13.8. The minimum atomic E-state index is -1.19. The smallest absolute Gasteiger partial charge is 0.399 e. The second-order valence-corrected chi connectivity index (χ2v) is 15.1. The van der Waals surface area contributed by atoms with Gasteiger partial charge in [-0.1, -0.05) is 41.5 Å². The van der Waals surface area contributed by atoms with Gasteiger partial charge in [0.1, 0.15) is 0 Å². The van der Waals surface area contributed by atoms with Gasteiger partial charge >= 0.3 is 6.16 Å². The van der Waals surface area contributed by atoms with E-state index in [0.717, 1.165) is 25.7 Å². The zero-order valence-electron chi connectivity index (χ0n) is 25.2. The van der Waals surface area contributed by atoms with Crippen LogP contribution in [0.3, 0.4) is 0 Å². The van der Waals surface area contributed by atoms with Crippen LogP contribution in [0.2, 0.25) is 0 Å². The summed E-state index contributed by atoms with van der Waals surface area (Å²) in [6.07, 6.45) is 4.82. The average molecular weight is 515 g/mol. The number of hydrogen-bond donors (Lipinski definition) is 0. The first kappa shape index (κ1) is 31.3. The van der Waals surface area contributed by atoms with Crippen molar-refractivity contribution in [2.45, 2.75) is 157 Å². The quantitative estimate of drug-likeness (QED) is 0.152. The van der Waals surface area contributed by atoms with E-state index < -0.39 is 28.9 Å².